The topological polar surface area (TPSA) is 46.6 Å². The van der Waals surface area contributed by atoms with Gasteiger partial charge >= 0.3 is 5.97 Å². The Balaban J connectivity index is 1.95. The number of alkyl halides is 2. The number of carbonyl (C=O) groups is 2. The van der Waals surface area contributed by atoms with Gasteiger partial charge in [-0.15, -0.1) is 0 Å². The van der Waals surface area contributed by atoms with Crippen LogP contribution in [0.15, 0.2) is 30.3 Å². The minimum Gasteiger partial charge on any atom is -0.461 e. The number of carbonyl (C=O) groups excluding carboxylic acids is 2. The van der Waals surface area contributed by atoms with Crippen molar-refractivity contribution in [1.29, 1.82) is 0 Å². The maximum Gasteiger partial charge on any atom is 0.311 e. The van der Waals surface area contributed by atoms with Crippen molar-refractivity contribution in [3.8, 4) is 0 Å². The number of ether oxygens (including phenoxy) is 1. The average molecular weight is 311 g/mol. The number of hydrogen-bond acceptors (Lipinski definition) is 4. The fourth-order valence-corrected chi connectivity index (χ4v) is 2.72. The van der Waals surface area contributed by atoms with Crippen LogP contribution in [-0.2, 0) is 20.9 Å². The van der Waals surface area contributed by atoms with Crippen LogP contribution in [0.25, 0.3) is 0 Å². The van der Waals surface area contributed by atoms with Crippen molar-refractivity contribution in [1.82, 2.24) is 4.90 Å². The molecular formula is C16H19F2NO3. The number of halogens is 2. The normalized spacial score (nSPS) is 22.0. The molecule has 1 heterocycles. The summed E-state index contributed by atoms with van der Waals surface area (Å²) in [7, 11) is 0. The second-order valence-electron chi connectivity index (χ2n) is 5.53. The third-order valence-corrected chi connectivity index (χ3v) is 3.84. The summed E-state index contributed by atoms with van der Waals surface area (Å²) in [4.78, 5) is 25.3. The third kappa shape index (κ3) is 4.34. The summed E-state index contributed by atoms with van der Waals surface area (Å²) < 4.78 is 30.2. The molecule has 4 nitrogen and oxygen atoms in total. The summed E-state index contributed by atoms with van der Waals surface area (Å²) in [6, 6.07) is 9.18. The molecule has 1 aliphatic rings. The Bertz CT molecular complexity index is 521. The van der Waals surface area contributed by atoms with E-state index in [0.717, 1.165) is 5.56 Å². The van der Waals surface area contributed by atoms with E-state index in [1.165, 1.54) is 11.8 Å². The molecule has 0 spiro atoms. The van der Waals surface area contributed by atoms with Crippen molar-refractivity contribution in [2.75, 3.05) is 19.6 Å². The molecular weight excluding hydrogens is 292 g/mol. The number of nitrogens with zero attached hydrogens (tertiary/aromatic N) is 1. The Morgan fingerprint density at radius 2 is 1.86 bits per heavy atom. The number of hydrogen-bond donors (Lipinski definition) is 0. The third-order valence-electron chi connectivity index (χ3n) is 3.84. The summed E-state index contributed by atoms with van der Waals surface area (Å²) in [6.45, 7) is 1.41. The number of likely N-dealkylation sites (tertiary alicyclic amines) is 1. The molecule has 0 aliphatic carbocycles. The van der Waals surface area contributed by atoms with E-state index in [4.69, 9.17) is 4.74 Å². The number of ketones is 1. The maximum absolute atomic E-state index is 12.5. The Hall–Kier alpha value is -1.82. The molecule has 22 heavy (non-hydrogen) atoms. The predicted octanol–water partition coefficient (Wildman–Crippen LogP) is 2.13. The Morgan fingerprint density at radius 3 is 2.45 bits per heavy atom. The van der Waals surface area contributed by atoms with Crippen molar-refractivity contribution in [2.45, 2.75) is 20.0 Å². The zero-order chi connectivity index (χ0) is 16.1. The van der Waals surface area contributed by atoms with Crippen molar-refractivity contribution in [3.63, 3.8) is 0 Å². The van der Waals surface area contributed by atoms with Crippen molar-refractivity contribution in [3.05, 3.63) is 35.9 Å². The molecule has 0 saturated carbocycles. The van der Waals surface area contributed by atoms with Gasteiger partial charge in [0.05, 0.1) is 12.5 Å². The van der Waals surface area contributed by atoms with E-state index in [9.17, 15) is 18.4 Å². The van der Waals surface area contributed by atoms with E-state index in [1.54, 1.807) is 0 Å². The summed E-state index contributed by atoms with van der Waals surface area (Å²) in [6.07, 6.45) is -2.48. The first kappa shape index (κ1) is 16.5. The van der Waals surface area contributed by atoms with Gasteiger partial charge in [0.2, 0.25) is 0 Å². The minimum absolute atomic E-state index is 0.121. The second kappa shape index (κ2) is 7.45. The lowest BCUT2D eigenvalue weighted by molar-refractivity contribution is -0.152. The molecule has 1 fully saturated rings. The first-order valence-electron chi connectivity index (χ1n) is 7.19. The fraction of sp³-hybridized carbons (Fsp3) is 0.500. The minimum atomic E-state index is -2.48. The number of esters is 1. The highest BCUT2D eigenvalue weighted by atomic mass is 19.3. The molecule has 2 rings (SSSR count). The van der Waals surface area contributed by atoms with Gasteiger partial charge in [0.25, 0.3) is 6.43 Å². The molecule has 1 saturated heterocycles. The van der Waals surface area contributed by atoms with Crippen LogP contribution in [0.3, 0.4) is 0 Å². The van der Waals surface area contributed by atoms with Crippen molar-refractivity contribution < 1.29 is 23.1 Å². The Morgan fingerprint density at radius 1 is 1.23 bits per heavy atom. The number of Topliss-reactive ketones (excluding diaryl/α,β-unsaturated/α-hetero) is 1. The molecule has 0 N–H and O–H groups in total. The van der Waals surface area contributed by atoms with E-state index < -0.39 is 30.8 Å². The zero-order valence-electron chi connectivity index (χ0n) is 12.4. The molecule has 1 aromatic carbocycles. The molecule has 0 aromatic heterocycles. The van der Waals surface area contributed by atoms with Gasteiger partial charge in [-0.2, -0.15) is 0 Å². The fourth-order valence-electron chi connectivity index (χ4n) is 2.72. The van der Waals surface area contributed by atoms with Gasteiger partial charge in [-0.1, -0.05) is 30.3 Å². The van der Waals surface area contributed by atoms with Gasteiger partial charge in [-0.25, -0.2) is 8.78 Å². The van der Waals surface area contributed by atoms with Gasteiger partial charge < -0.3 is 4.74 Å². The summed E-state index contributed by atoms with van der Waals surface area (Å²) in [5, 5.41) is 0. The van der Waals surface area contributed by atoms with Crippen LogP contribution in [0.5, 0.6) is 0 Å². The lowest BCUT2D eigenvalue weighted by Crippen LogP contribution is -2.29. The van der Waals surface area contributed by atoms with Crippen LogP contribution < -0.4 is 0 Å². The molecule has 0 radical (unpaired) electrons. The van der Waals surface area contributed by atoms with Crippen LogP contribution in [0.4, 0.5) is 8.78 Å². The molecule has 0 bridgehead atoms. The van der Waals surface area contributed by atoms with Gasteiger partial charge in [0.15, 0.2) is 0 Å². The zero-order valence-corrected chi connectivity index (χ0v) is 12.4. The monoisotopic (exact) mass is 311 g/mol. The number of benzene rings is 1. The van der Waals surface area contributed by atoms with Crippen molar-refractivity contribution >= 4 is 11.8 Å². The van der Waals surface area contributed by atoms with E-state index in [-0.39, 0.29) is 25.5 Å². The smallest absolute Gasteiger partial charge is 0.311 e. The van der Waals surface area contributed by atoms with Crippen LogP contribution in [-0.4, -0.2) is 42.7 Å². The molecule has 120 valence electrons. The first-order chi connectivity index (χ1) is 10.5. The lowest BCUT2D eigenvalue weighted by Gasteiger charge is -2.15. The Labute approximate surface area is 128 Å². The molecule has 6 heteroatoms. The van der Waals surface area contributed by atoms with Crippen LogP contribution in [0.1, 0.15) is 12.5 Å². The summed E-state index contributed by atoms with van der Waals surface area (Å²) >= 11 is 0. The number of rotatable bonds is 6. The van der Waals surface area contributed by atoms with Gasteiger partial charge in [0, 0.05) is 19.0 Å². The molecule has 1 aromatic rings. The molecule has 1 aliphatic heterocycles. The largest absolute Gasteiger partial charge is 0.461 e. The van der Waals surface area contributed by atoms with Gasteiger partial charge in [0.1, 0.15) is 12.4 Å². The van der Waals surface area contributed by atoms with Gasteiger partial charge in [-0.3, -0.25) is 14.5 Å². The first-order valence-corrected chi connectivity index (χ1v) is 7.19. The molecule has 2 atom stereocenters. The maximum atomic E-state index is 12.5. The standard InChI is InChI=1S/C16H19F2NO3/c1-11(20)13-7-19(9-15(17)18)8-14(13)16(21)22-10-12-5-3-2-4-6-12/h2-6,13-15H,7-10H2,1H3/t13-,14-/m0/s1. The van der Waals surface area contributed by atoms with Crippen molar-refractivity contribution in [2.24, 2.45) is 11.8 Å². The van der Waals surface area contributed by atoms with Gasteiger partial charge in [-0.05, 0) is 12.5 Å². The quantitative estimate of drug-likeness (QED) is 0.755. The SMILES string of the molecule is CC(=O)[C@@H]1CN(CC(F)F)C[C@@H]1C(=O)OCc1ccccc1. The van der Waals surface area contributed by atoms with E-state index in [2.05, 4.69) is 0 Å². The summed E-state index contributed by atoms with van der Waals surface area (Å²) in [5.41, 5.74) is 0.845. The second-order valence-corrected chi connectivity index (χ2v) is 5.53. The highest BCUT2D eigenvalue weighted by Crippen LogP contribution is 2.26. The lowest BCUT2D eigenvalue weighted by atomic mass is 9.93. The van der Waals surface area contributed by atoms with Crippen LogP contribution in [0.2, 0.25) is 0 Å². The van der Waals surface area contributed by atoms with E-state index in [0.29, 0.717) is 0 Å². The molecule has 0 amide bonds. The van der Waals surface area contributed by atoms with Crippen LogP contribution >= 0.6 is 0 Å². The highest BCUT2D eigenvalue weighted by molar-refractivity contribution is 5.86. The average Bonchev–Trinajstić information content (AvgIpc) is 2.89. The highest BCUT2D eigenvalue weighted by Gasteiger charge is 2.41. The van der Waals surface area contributed by atoms with Crippen LogP contribution in [0, 0.1) is 11.8 Å². The van der Waals surface area contributed by atoms with E-state index >= 15 is 0 Å². The summed E-state index contributed by atoms with van der Waals surface area (Å²) in [5.74, 6) is -1.90. The molecule has 0 unspecified atom stereocenters. The predicted molar refractivity (Wildman–Crippen MR) is 76.3 cm³/mol. The van der Waals surface area contributed by atoms with E-state index in [1.807, 2.05) is 30.3 Å². The Kier molecular flexibility index (Phi) is 5.60.